The van der Waals surface area contributed by atoms with Gasteiger partial charge in [0, 0.05) is 31.1 Å². The monoisotopic (exact) mass is 232 g/mol. The lowest BCUT2D eigenvalue weighted by molar-refractivity contribution is 0.0791. The van der Waals surface area contributed by atoms with Crippen molar-refractivity contribution in [3.8, 4) is 5.75 Å². The van der Waals surface area contributed by atoms with Gasteiger partial charge in [0.1, 0.15) is 5.75 Å². The Bertz CT molecular complexity index is 459. The molecule has 4 heteroatoms. The minimum atomic E-state index is 0.0904. The van der Waals surface area contributed by atoms with Gasteiger partial charge >= 0.3 is 0 Å². The Labute approximate surface area is 100 Å². The van der Waals surface area contributed by atoms with Crippen LogP contribution in [-0.4, -0.2) is 36.5 Å². The van der Waals surface area contributed by atoms with Gasteiger partial charge in [-0.1, -0.05) is 0 Å². The van der Waals surface area contributed by atoms with Gasteiger partial charge in [-0.3, -0.25) is 4.79 Å². The molecule has 3 rings (SSSR count). The van der Waals surface area contributed by atoms with Crippen LogP contribution in [0.1, 0.15) is 22.3 Å². The van der Waals surface area contributed by atoms with Crippen LogP contribution in [0.3, 0.4) is 0 Å². The molecule has 1 fully saturated rings. The Balaban J connectivity index is 1.82. The molecule has 17 heavy (non-hydrogen) atoms. The molecule has 0 spiro atoms. The second kappa shape index (κ2) is 4.04. The number of amides is 1. The average Bonchev–Trinajstić information content (AvgIpc) is 2.95. The fourth-order valence-electron chi connectivity index (χ4n) is 2.47. The van der Waals surface area contributed by atoms with Crippen LogP contribution in [0.5, 0.6) is 5.75 Å². The molecule has 90 valence electrons. The maximum atomic E-state index is 12.2. The van der Waals surface area contributed by atoms with E-state index in [0.29, 0.717) is 6.54 Å². The summed E-state index contributed by atoms with van der Waals surface area (Å²) in [6.45, 7) is 2.17. The maximum absolute atomic E-state index is 12.2. The summed E-state index contributed by atoms with van der Waals surface area (Å²) in [4.78, 5) is 14.1. The standard InChI is InChI=1S/C13H16N2O2/c14-11-3-5-15(8-11)13(16)10-1-2-12-9(7-10)4-6-17-12/h1-2,7,11H,3-6,8,14H2. The van der Waals surface area contributed by atoms with Crippen molar-refractivity contribution in [1.82, 2.24) is 4.90 Å². The first-order valence-corrected chi connectivity index (χ1v) is 6.04. The van der Waals surface area contributed by atoms with Gasteiger partial charge < -0.3 is 15.4 Å². The summed E-state index contributed by atoms with van der Waals surface area (Å²) < 4.78 is 5.43. The maximum Gasteiger partial charge on any atom is 0.253 e. The van der Waals surface area contributed by atoms with E-state index in [2.05, 4.69) is 0 Å². The summed E-state index contributed by atoms with van der Waals surface area (Å²) in [5.74, 6) is 1.01. The first kappa shape index (κ1) is 10.6. The highest BCUT2D eigenvalue weighted by atomic mass is 16.5. The Kier molecular flexibility index (Phi) is 2.52. The molecular formula is C13H16N2O2. The van der Waals surface area contributed by atoms with E-state index in [1.165, 1.54) is 0 Å². The van der Waals surface area contributed by atoms with Crippen LogP contribution in [0.2, 0.25) is 0 Å². The average molecular weight is 232 g/mol. The predicted octanol–water partition coefficient (Wildman–Crippen LogP) is 0.795. The van der Waals surface area contributed by atoms with Crippen molar-refractivity contribution in [1.29, 1.82) is 0 Å². The van der Waals surface area contributed by atoms with Gasteiger partial charge in [0.15, 0.2) is 0 Å². The molecule has 0 saturated carbocycles. The molecule has 1 aromatic rings. The molecule has 4 nitrogen and oxygen atoms in total. The van der Waals surface area contributed by atoms with Gasteiger partial charge in [-0.2, -0.15) is 0 Å². The van der Waals surface area contributed by atoms with E-state index in [1.807, 2.05) is 23.1 Å². The molecule has 1 amide bonds. The van der Waals surface area contributed by atoms with Crippen molar-refractivity contribution >= 4 is 5.91 Å². The molecule has 2 aliphatic heterocycles. The lowest BCUT2D eigenvalue weighted by atomic mass is 10.1. The molecule has 1 aromatic carbocycles. The third-order valence-electron chi connectivity index (χ3n) is 3.45. The minimum absolute atomic E-state index is 0.0904. The Hall–Kier alpha value is -1.55. The third-order valence-corrected chi connectivity index (χ3v) is 3.45. The quantitative estimate of drug-likeness (QED) is 0.779. The third kappa shape index (κ3) is 1.89. The van der Waals surface area contributed by atoms with Crippen LogP contribution < -0.4 is 10.5 Å². The number of carbonyl (C=O) groups is 1. The summed E-state index contributed by atoms with van der Waals surface area (Å²) in [6.07, 6.45) is 1.80. The molecule has 1 atom stereocenters. The van der Waals surface area contributed by atoms with Crippen molar-refractivity contribution < 1.29 is 9.53 Å². The molecular weight excluding hydrogens is 216 g/mol. The summed E-state index contributed by atoms with van der Waals surface area (Å²) in [6, 6.07) is 5.83. The van der Waals surface area contributed by atoms with Gasteiger partial charge in [-0.25, -0.2) is 0 Å². The first-order valence-electron chi connectivity index (χ1n) is 6.04. The van der Waals surface area contributed by atoms with Crippen LogP contribution in [0.15, 0.2) is 18.2 Å². The zero-order valence-corrected chi connectivity index (χ0v) is 9.69. The van der Waals surface area contributed by atoms with Gasteiger partial charge in [0.2, 0.25) is 0 Å². The van der Waals surface area contributed by atoms with Crippen molar-refractivity contribution in [2.75, 3.05) is 19.7 Å². The number of likely N-dealkylation sites (tertiary alicyclic amines) is 1. The second-order valence-electron chi connectivity index (χ2n) is 4.72. The predicted molar refractivity (Wildman–Crippen MR) is 64.1 cm³/mol. The van der Waals surface area contributed by atoms with E-state index in [4.69, 9.17) is 10.5 Å². The highest BCUT2D eigenvalue weighted by Gasteiger charge is 2.25. The van der Waals surface area contributed by atoms with Gasteiger partial charge in [-0.05, 0) is 30.2 Å². The Morgan fingerprint density at radius 1 is 1.47 bits per heavy atom. The smallest absolute Gasteiger partial charge is 0.253 e. The summed E-state index contributed by atoms with van der Waals surface area (Å²) in [7, 11) is 0. The molecule has 1 saturated heterocycles. The van der Waals surface area contributed by atoms with E-state index in [1.54, 1.807) is 0 Å². The van der Waals surface area contributed by atoms with E-state index >= 15 is 0 Å². The van der Waals surface area contributed by atoms with E-state index in [0.717, 1.165) is 42.9 Å². The molecule has 2 N–H and O–H groups in total. The van der Waals surface area contributed by atoms with Crippen LogP contribution in [0, 0.1) is 0 Å². The topological polar surface area (TPSA) is 55.6 Å². The van der Waals surface area contributed by atoms with Crippen molar-refractivity contribution in [3.05, 3.63) is 29.3 Å². The van der Waals surface area contributed by atoms with Crippen LogP contribution >= 0.6 is 0 Å². The fraction of sp³-hybridized carbons (Fsp3) is 0.462. The molecule has 2 heterocycles. The molecule has 1 unspecified atom stereocenters. The fourth-order valence-corrected chi connectivity index (χ4v) is 2.47. The number of rotatable bonds is 1. The molecule has 0 bridgehead atoms. The number of carbonyl (C=O) groups excluding carboxylic acids is 1. The van der Waals surface area contributed by atoms with Crippen LogP contribution in [0.4, 0.5) is 0 Å². The van der Waals surface area contributed by atoms with E-state index in [9.17, 15) is 4.79 Å². The van der Waals surface area contributed by atoms with Crippen LogP contribution in [-0.2, 0) is 6.42 Å². The van der Waals surface area contributed by atoms with Crippen molar-refractivity contribution in [2.24, 2.45) is 5.73 Å². The summed E-state index contributed by atoms with van der Waals surface area (Å²) in [5.41, 5.74) is 7.71. The van der Waals surface area contributed by atoms with Gasteiger partial charge in [0.25, 0.3) is 5.91 Å². The molecule has 0 aromatic heterocycles. The van der Waals surface area contributed by atoms with Gasteiger partial charge in [0.05, 0.1) is 6.61 Å². The SMILES string of the molecule is NC1CCN(C(=O)c2ccc3c(c2)CCO3)C1. The highest BCUT2D eigenvalue weighted by Crippen LogP contribution is 2.26. The van der Waals surface area contributed by atoms with E-state index < -0.39 is 0 Å². The Morgan fingerprint density at radius 3 is 3.12 bits per heavy atom. The highest BCUT2D eigenvalue weighted by molar-refractivity contribution is 5.94. The number of nitrogens with two attached hydrogens (primary N) is 1. The lowest BCUT2D eigenvalue weighted by Crippen LogP contribution is -2.31. The lowest BCUT2D eigenvalue weighted by Gasteiger charge is -2.16. The van der Waals surface area contributed by atoms with E-state index in [-0.39, 0.29) is 11.9 Å². The molecule has 0 radical (unpaired) electrons. The number of nitrogens with zero attached hydrogens (tertiary/aromatic N) is 1. The number of fused-ring (bicyclic) bond motifs is 1. The zero-order valence-electron chi connectivity index (χ0n) is 9.69. The number of benzene rings is 1. The van der Waals surface area contributed by atoms with Gasteiger partial charge in [-0.15, -0.1) is 0 Å². The summed E-state index contributed by atoms with van der Waals surface area (Å²) in [5, 5.41) is 0. The van der Waals surface area contributed by atoms with Crippen molar-refractivity contribution in [3.63, 3.8) is 0 Å². The molecule has 0 aliphatic carbocycles. The summed E-state index contributed by atoms with van der Waals surface area (Å²) >= 11 is 0. The van der Waals surface area contributed by atoms with Crippen molar-refractivity contribution in [2.45, 2.75) is 18.9 Å². The largest absolute Gasteiger partial charge is 0.493 e. The Morgan fingerprint density at radius 2 is 2.35 bits per heavy atom. The zero-order chi connectivity index (χ0) is 11.8. The second-order valence-corrected chi connectivity index (χ2v) is 4.72. The normalized spacial score (nSPS) is 22.4. The first-order chi connectivity index (χ1) is 8.24. The number of hydrogen-bond acceptors (Lipinski definition) is 3. The number of ether oxygens (including phenoxy) is 1. The van der Waals surface area contributed by atoms with Crippen LogP contribution in [0.25, 0.3) is 0 Å². The molecule has 2 aliphatic rings. The minimum Gasteiger partial charge on any atom is -0.493 e. The number of hydrogen-bond donors (Lipinski definition) is 1.